The molecule has 5 amide bonds. The van der Waals surface area contributed by atoms with Crippen molar-refractivity contribution < 1.29 is 71.5 Å². The van der Waals surface area contributed by atoms with Gasteiger partial charge in [-0.1, -0.05) is 24.9 Å². The van der Waals surface area contributed by atoms with Crippen LogP contribution in [0.2, 0.25) is 0 Å². The standard InChI is InChI=1S/C43H80N6O15/c1-4-5-15-45-40(52)13-19-56-23-27-60-31-33-62-29-25-58-21-17-47-39(51)12-9-36(2)49-64-35-42(54)48-18-22-59-26-30-63-34-32-61-28-24-57-20-14-41(53)46-16-7-6-8-38(43(44)55)11-10-37(3)50/h38H,4-35H2,1-3H3,(H2,44,55)(H,45,52)(H,46,53)(H,47,51)(H,48,54)/b49-36+/t38-/m1/s1. The molecule has 64 heavy (non-hydrogen) atoms. The molecule has 0 heterocycles. The van der Waals surface area contributed by atoms with Gasteiger partial charge >= 0.3 is 0 Å². The van der Waals surface area contributed by atoms with Gasteiger partial charge in [0.1, 0.15) is 5.78 Å². The Balaban J connectivity index is 3.50. The molecule has 0 aliphatic carbocycles. The van der Waals surface area contributed by atoms with Crippen LogP contribution in [0, 0.1) is 5.92 Å². The average molecular weight is 921 g/mol. The number of oxime groups is 1. The van der Waals surface area contributed by atoms with Crippen LogP contribution in [0.25, 0.3) is 0 Å². The largest absolute Gasteiger partial charge is 0.386 e. The molecule has 0 spiro atoms. The van der Waals surface area contributed by atoms with Crippen LogP contribution in [-0.4, -0.2) is 180 Å². The van der Waals surface area contributed by atoms with E-state index in [9.17, 15) is 28.8 Å². The van der Waals surface area contributed by atoms with Gasteiger partial charge in [-0.3, -0.25) is 24.0 Å². The Morgan fingerprint density at radius 1 is 0.453 bits per heavy atom. The molecule has 0 aromatic rings. The van der Waals surface area contributed by atoms with Crippen molar-refractivity contribution in [3.63, 3.8) is 0 Å². The summed E-state index contributed by atoms with van der Waals surface area (Å²) in [6.45, 7) is 12.9. The molecule has 0 radical (unpaired) electrons. The van der Waals surface area contributed by atoms with Gasteiger partial charge in [0.2, 0.25) is 23.6 Å². The summed E-state index contributed by atoms with van der Waals surface area (Å²) in [5.74, 6) is -1.28. The Morgan fingerprint density at radius 3 is 1.31 bits per heavy atom. The number of ether oxygens (including phenoxy) is 8. The second-order valence-corrected chi connectivity index (χ2v) is 14.6. The van der Waals surface area contributed by atoms with Crippen LogP contribution >= 0.6 is 0 Å². The predicted octanol–water partition coefficient (Wildman–Crippen LogP) is 0.978. The molecule has 0 bridgehead atoms. The number of Topliss-reactive ketones (excluding diaryl/α,β-unsaturated/α-hetero) is 1. The Kier molecular flexibility index (Phi) is 43.0. The van der Waals surface area contributed by atoms with E-state index in [0.29, 0.717) is 163 Å². The maximum Gasteiger partial charge on any atom is 0.260 e. The van der Waals surface area contributed by atoms with Gasteiger partial charge in [-0.15, -0.1) is 0 Å². The molecule has 0 unspecified atom stereocenters. The molecular formula is C43H80N6O15. The fraction of sp³-hybridized carbons (Fsp3) is 0.837. The van der Waals surface area contributed by atoms with E-state index in [1.54, 1.807) is 6.92 Å². The lowest BCUT2D eigenvalue weighted by Gasteiger charge is -2.12. The van der Waals surface area contributed by atoms with Gasteiger partial charge in [0.15, 0.2) is 6.61 Å². The molecule has 372 valence electrons. The highest BCUT2D eigenvalue weighted by Crippen LogP contribution is 2.14. The first-order valence-corrected chi connectivity index (χ1v) is 22.7. The van der Waals surface area contributed by atoms with Gasteiger partial charge in [-0.2, -0.15) is 0 Å². The van der Waals surface area contributed by atoms with Gasteiger partial charge in [0, 0.05) is 57.8 Å². The number of primary amides is 1. The average Bonchev–Trinajstić information content (AvgIpc) is 3.26. The van der Waals surface area contributed by atoms with Crippen molar-refractivity contribution in [2.45, 2.75) is 91.4 Å². The van der Waals surface area contributed by atoms with Gasteiger partial charge in [-0.05, 0) is 46.0 Å². The third kappa shape index (κ3) is 44.8. The molecular weight excluding hydrogens is 840 g/mol. The first-order chi connectivity index (χ1) is 31.0. The van der Waals surface area contributed by atoms with Crippen molar-refractivity contribution in [1.29, 1.82) is 0 Å². The number of nitrogens with two attached hydrogens (primary N) is 1. The molecule has 0 fully saturated rings. The minimum Gasteiger partial charge on any atom is -0.386 e. The number of amides is 5. The quantitative estimate of drug-likeness (QED) is 0.0323. The highest BCUT2D eigenvalue weighted by Gasteiger charge is 2.15. The van der Waals surface area contributed by atoms with E-state index in [1.165, 1.54) is 6.92 Å². The van der Waals surface area contributed by atoms with Crippen LogP contribution in [0.1, 0.15) is 91.4 Å². The second kappa shape index (κ2) is 45.7. The lowest BCUT2D eigenvalue weighted by Crippen LogP contribution is -2.30. The van der Waals surface area contributed by atoms with Gasteiger partial charge < -0.3 is 74.5 Å². The van der Waals surface area contributed by atoms with Crippen molar-refractivity contribution in [3.05, 3.63) is 0 Å². The number of unbranched alkanes of at least 4 members (excludes halogenated alkanes) is 2. The zero-order chi connectivity index (χ0) is 47.1. The van der Waals surface area contributed by atoms with Crippen LogP contribution in [-0.2, 0) is 71.5 Å². The normalized spacial score (nSPS) is 11.8. The van der Waals surface area contributed by atoms with E-state index in [-0.39, 0.29) is 61.4 Å². The number of nitrogens with zero attached hydrogens (tertiary/aromatic N) is 1. The molecule has 21 heteroatoms. The summed E-state index contributed by atoms with van der Waals surface area (Å²) in [6, 6.07) is 0. The van der Waals surface area contributed by atoms with Crippen molar-refractivity contribution in [3.8, 4) is 0 Å². The Morgan fingerprint density at radius 2 is 0.859 bits per heavy atom. The maximum atomic E-state index is 12.1. The minimum atomic E-state index is -0.391. The molecule has 1 atom stereocenters. The lowest BCUT2D eigenvalue weighted by molar-refractivity contribution is -0.126. The van der Waals surface area contributed by atoms with Gasteiger partial charge in [0.25, 0.3) is 5.91 Å². The number of rotatable bonds is 48. The summed E-state index contributed by atoms with van der Waals surface area (Å²) in [6.07, 6.45) is 6.07. The Bertz CT molecular complexity index is 1250. The van der Waals surface area contributed by atoms with E-state index < -0.39 is 5.91 Å². The van der Waals surface area contributed by atoms with E-state index in [2.05, 4.69) is 33.3 Å². The van der Waals surface area contributed by atoms with Gasteiger partial charge in [0.05, 0.1) is 111 Å². The third-order valence-electron chi connectivity index (χ3n) is 8.85. The number of carbonyl (C=O) groups is 6. The zero-order valence-corrected chi connectivity index (χ0v) is 38.9. The van der Waals surface area contributed by atoms with E-state index in [4.69, 9.17) is 48.5 Å². The van der Waals surface area contributed by atoms with Crippen LogP contribution < -0.4 is 27.0 Å². The SMILES string of the molecule is CCCCNC(=O)CCOCCOCCOCCOCCNC(=O)CC/C(C)=N/OCC(=O)NCCOCCOCCOCCOCCC(=O)NCCCC[C@H](CCC(C)=O)C(N)=O. The molecule has 0 rings (SSSR count). The highest BCUT2D eigenvalue weighted by molar-refractivity contribution is 5.86. The fourth-order valence-corrected chi connectivity index (χ4v) is 5.19. The summed E-state index contributed by atoms with van der Waals surface area (Å²) >= 11 is 0. The number of nitrogens with one attached hydrogen (secondary N) is 4. The third-order valence-corrected chi connectivity index (χ3v) is 8.85. The molecule has 0 saturated carbocycles. The monoisotopic (exact) mass is 921 g/mol. The molecule has 0 aromatic heterocycles. The molecule has 21 nitrogen and oxygen atoms in total. The molecule has 0 aliphatic rings. The van der Waals surface area contributed by atoms with Crippen LogP contribution in [0.15, 0.2) is 5.16 Å². The lowest BCUT2D eigenvalue weighted by atomic mass is 9.95. The number of carbonyl (C=O) groups excluding carboxylic acids is 6. The summed E-state index contributed by atoms with van der Waals surface area (Å²) in [7, 11) is 0. The van der Waals surface area contributed by atoms with Crippen molar-refractivity contribution in [2.75, 3.05) is 138 Å². The van der Waals surface area contributed by atoms with Crippen LogP contribution in [0.3, 0.4) is 0 Å². The number of hydrogen-bond acceptors (Lipinski definition) is 16. The first kappa shape index (κ1) is 60.2. The van der Waals surface area contributed by atoms with Crippen LogP contribution in [0.4, 0.5) is 0 Å². The molecule has 6 N–H and O–H groups in total. The summed E-state index contributed by atoms with van der Waals surface area (Å²) in [5.41, 5.74) is 5.99. The first-order valence-electron chi connectivity index (χ1n) is 22.7. The minimum absolute atomic E-state index is 0.000462. The van der Waals surface area contributed by atoms with E-state index in [0.717, 1.165) is 25.7 Å². The number of hydrogen-bond donors (Lipinski definition) is 5. The maximum absolute atomic E-state index is 12.1. The summed E-state index contributed by atoms with van der Waals surface area (Å²) < 4.78 is 43.5. The molecule has 0 saturated heterocycles. The molecule has 0 aromatic carbocycles. The number of ketones is 1. The predicted molar refractivity (Wildman–Crippen MR) is 237 cm³/mol. The second-order valence-electron chi connectivity index (χ2n) is 14.6. The van der Waals surface area contributed by atoms with E-state index >= 15 is 0 Å². The zero-order valence-electron chi connectivity index (χ0n) is 38.9. The van der Waals surface area contributed by atoms with E-state index in [1.807, 2.05) is 0 Å². The smallest absolute Gasteiger partial charge is 0.260 e. The van der Waals surface area contributed by atoms with Crippen molar-refractivity contribution in [2.24, 2.45) is 16.8 Å². The molecule has 0 aliphatic heterocycles. The highest BCUT2D eigenvalue weighted by atomic mass is 16.6. The Labute approximate surface area is 379 Å². The fourth-order valence-electron chi connectivity index (χ4n) is 5.19. The van der Waals surface area contributed by atoms with Crippen molar-refractivity contribution >= 4 is 41.0 Å². The summed E-state index contributed by atoms with van der Waals surface area (Å²) in [4.78, 5) is 75.3. The van der Waals surface area contributed by atoms with Gasteiger partial charge in [-0.25, -0.2) is 0 Å². The summed E-state index contributed by atoms with van der Waals surface area (Å²) in [5, 5.41) is 15.0. The topological polar surface area (TPSA) is 272 Å². The van der Waals surface area contributed by atoms with Crippen LogP contribution in [0.5, 0.6) is 0 Å². The van der Waals surface area contributed by atoms with Crippen molar-refractivity contribution in [1.82, 2.24) is 21.3 Å². The Hall–Kier alpha value is -3.83.